The lowest BCUT2D eigenvalue weighted by molar-refractivity contribution is 0.101. The average molecular weight is 574 g/mol. The molecule has 0 spiro atoms. The van der Waals surface area contributed by atoms with E-state index in [0.717, 1.165) is 51.0 Å². The largest absolute Gasteiger partial charge is 0.755 e. The molecule has 0 saturated carbocycles. The fraction of sp³-hybridized carbons (Fsp3) is 0.241. The van der Waals surface area contributed by atoms with E-state index < -0.39 is 17.2 Å². The number of fused-ring (bicyclic) bond motifs is 1. The highest BCUT2D eigenvalue weighted by Gasteiger charge is 2.23. The highest BCUT2D eigenvalue weighted by Crippen LogP contribution is 2.38. The molecule has 0 fully saturated rings. The van der Waals surface area contributed by atoms with E-state index in [0.29, 0.717) is 28.6 Å². The first kappa shape index (κ1) is 27.6. The number of aromatic nitrogens is 4. The number of amides is 1. The van der Waals surface area contributed by atoms with Crippen molar-refractivity contribution in [1.29, 1.82) is 0 Å². The van der Waals surface area contributed by atoms with E-state index in [9.17, 15) is 13.6 Å². The van der Waals surface area contributed by atoms with Gasteiger partial charge in [-0.1, -0.05) is 49.4 Å². The first-order chi connectivity index (χ1) is 19.3. The molecule has 0 bridgehead atoms. The van der Waals surface area contributed by atoms with Gasteiger partial charge in [0, 0.05) is 31.6 Å². The lowest BCUT2D eigenvalue weighted by Gasteiger charge is -2.24. The van der Waals surface area contributed by atoms with Crippen LogP contribution in [0.4, 0.5) is 10.9 Å². The molecule has 1 amide bonds. The number of aryl methyl sites for hydroxylation is 2. The van der Waals surface area contributed by atoms with Crippen molar-refractivity contribution < 1.29 is 13.6 Å². The molecule has 1 unspecified atom stereocenters. The predicted molar refractivity (Wildman–Crippen MR) is 159 cm³/mol. The van der Waals surface area contributed by atoms with Gasteiger partial charge in [0.05, 0.1) is 23.5 Å². The summed E-state index contributed by atoms with van der Waals surface area (Å²) >= 11 is -1.57. The monoisotopic (exact) mass is 573 g/mol. The van der Waals surface area contributed by atoms with Gasteiger partial charge in [-0.3, -0.25) is 9.00 Å². The van der Waals surface area contributed by atoms with Crippen molar-refractivity contribution >= 4 is 50.6 Å². The van der Waals surface area contributed by atoms with Crippen LogP contribution in [0.2, 0.25) is 0 Å². The third-order valence-electron chi connectivity index (χ3n) is 6.50. The van der Waals surface area contributed by atoms with Gasteiger partial charge in [-0.15, -0.1) is 11.3 Å². The van der Waals surface area contributed by atoms with Crippen LogP contribution in [0.1, 0.15) is 40.8 Å². The summed E-state index contributed by atoms with van der Waals surface area (Å²) in [7, 11) is 3.84. The number of nitrogens with zero attached hydrogens (tertiary/aromatic N) is 6. The van der Waals surface area contributed by atoms with E-state index in [-0.39, 0.29) is 0 Å². The Kier molecular flexibility index (Phi) is 8.06. The maximum absolute atomic E-state index is 13.1. The van der Waals surface area contributed by atoms with Gasteiger partial charge in [0.1, 0.15) is 16.3 Å². The normalized spacial score (nSPS) is 12.0. The number of carbonyl (C=O) groups is 1. The molecule has 206 valence electrons. The van der Waals surface area contributed by atoms with Gasteiger partial charge in [-0.05, 0) is 48.1 Å². The zero-order valence-electron chi connectivity index (χ0n) is 22.7. The Morgan fingerprint density at radius 1 is 1.02 bits per heavy atom. The zero-order valence-corrected chi connectivity index (χ0v) is 24.3. The summed E-state index contributed by atoms with van der Waals surface area (Å²) in [6, 6.07) is 18.1. The van der Waals surface area contributed by atoms with Crippen molar-refractivity contribution in [2.75, 3.05) is 23.3 Å². The second-order valence-corrected chi connectivity index (χ2v) is 11.3. The third kappa shape index (κ3) is 5.40. The minimum atomic E-state index is -2.78. The fourth-order valence-corrected chi connectivity index (χ4v) is 6.14. The SMILES string of the molecule is CCCc1nc2c(C)nc(N(C)C)nc2n1Cc1ccc(-c2ccsc2N(C(=O)c2ccccc2)S(=O)[O-])cc1. The highest BCUT2D eigenvalue weighted by molar-refractivity contribution is 7.81. The van der Waals surface area contributed by atoms with Crippen LogP contribution in [0.3, 0.4) is 0 Å². The van der Waals surface area contributed by atoms with Crippen LogP contribution in [0.25, 0.3) is 22.3 Å². The molecule has 0 aliphatic rings. The highest BCUT2D eigenvalue weighted by atomic mass is 32.2. The number of imidazole rings is 1. The average Bonchev–Trinajstić information content (AvgIpc) is 3.55. The maximum atomic E-state index is 13.1. The molecule has 2 aromatic carbocycles. The van der Waals surface area contributed by atoms with Crippen molar-refractivity contribution in [3.05, 3.63) is 88.7 Å². The molecule has 1 atom stereocenters. The maximum Gasteiger partial charge on any atom is 0.270 e. The minimum absolute atomic E-state index is 0.299. The van der Waals surface area contributed by atoms with E-state index in [1.165, 1.54) is 11.3 Å². The van der Waals surface area contributed by atoms with Crippen LogP contribution >= 0.6 is 11.3 Å². The van der Waals surface area contributed by atoms with Gasteiger partial charge in [0.2, 0.25) is 5.95 Å². The van der Waals surface area contributed by atoms with Gasteiger partial charge in [-0.25, -0.2) is 14.3 Å². The van der Waals surface area contributed by atoms with Crippen LogP contribution in [-0.2, 0) is 24.2 Å². The summed E-state index contributed by atoms with van der Waals surface area (Å²) in [6.07, 6.45) is 1.77. The summed E-state index contributed by atoms with van der Waals surface area (Å²) in [5.41, 5.74) is 5.28. The van der Waals surface area contributed by atoms with Crippen molar-refractivity contribution in [3.63, 3.8) is 0 Å². The summed E-state index contributed by atoms with van der Waals surface area (Å²) < 4.78 is 27.4. The summed E-state index contributed by atoms with van der Waals surface area (Å²) in [5, 5.41) is 2.14. The summed E-state index contributed by atoms with van der Waals surface area (Å²) in [4.78, 5) is 29.3. The van der Waals surface area contributed by atoms with Gasteiger partial charge >= 0.3 is 0 Å². The van der Waals surface area contributed by atoms with E-state index in [1.54, 1.807) is 35.7 Å². The number of thiophene rings is 1. The Labute approximate surface area is 239 Å². The van der Waals surface area contributed by atoms with Gasteiger partial charge < -0.3 is 14.0 Å². The van der Waals surface area contributed by atoms with E-state index in [4.69, 9.17) is 9.97 Å². The Morgan fingerprint density at radius 2 is 1.75 bits per heavy atom. The molecule has 0 radical (unpaired) electrons. The number of hydrogen-bond donors (Lipinski definition) is 0. The Balaban J connectivity index is 1.48. The molecule has 0 N–H and O–H groups in total. The van der Waals surface area contributed by atoms with E-state index >= 15 is 0 Å². The lowest BCUT2D eigenvalue weighted by atomic mass is 10.1. The van der Waals surface area contributed by atoms with E-state index in [1.807, 2.05) is 56.3 Å². The number of carbonyl (C=O) groups excluding carboxylic acids is 1. The second-order valence-electron chi connectivity index (χ2n) is 9.56. The second kappa shape index (κ2) is 11.7. The van der Waals surface area contributed by atoms with Crippen LogP contribution in [0.5, 0.6) is 0 Å². The van der Waals surface area contributed by atoms with Crippen molar-refractivity contribution in [2.45, 2.75) is 33.2 Å². The van der Waals surface area contributed by atoms with Gasteiger partial charge in [-0.2, -0.15) is 4.98 Å². The number of benzene rings is 2. The molecule has 3 heterocycles. The molecular formula is C29H29N6O3S2-. The molecule has 9 nitrogen and oxygen atoms in total. The molecule has 40 heavy (non-hydrogen) atoms. The lowest BCUT2D eigenvalue weighted by Crippen LogP contribution is -2.32. The smallest absolute Gasteiger partial charge is 0.270 e. The van der Waals surface area contributed by atoms with Crippen LogP contribution < -0.4 is 9.21 Å². The number of rotatable bonds is 9. The van der Waals surface area contributed by atoms with Crippen molar-refractivity contribution in [3.8, 4) is 11.1 Å². The molecule has 0 aliphatic carbocycles. The van der Waals surface area contributed by atoms with Crippen molar-refractivity contribution in [2.24, 2.45) is 0 Å². The minimum Gasteiger partial charge on any atom is -0.755 e. The first-order valence-corrected chi connectivity index (χ1v) is 14.8. The van der Waals surface area contributed by atoms with Gasteiger partial charge in [0.15, 0.2) is 5.65 Å². The predicted octanol–water partition coefficient (Wildman–Crippen LogP) is 5.37. The van der Waals surface area contributed by atoms with Gasteiger partial charge in [0.25, 0.3) is 5.91 Å². The molecule has 11 heteroatoms. The molecule has 5 aromatic rings. The van der Waals surface area contributed by atoms with Crippen LogP contribution in [0, 0.1) is 6.92 Å². The summed E-state index contributed by atoms with van der Waals surface area (Å²) in [6.45, 7) is 4.66. The Morgan fingerprint density at radius 3 is 2.40 bits per heavy atom. The zero-order chi connectivity index (χ0) is 28.4. The number of hydrogen-bond acceptors (Lipinski definition) is 8. The first-order valence-electron chi connectivity index (χ1n) is 12.8. The standard InChI is InChI=1S/C29H30N6O3S2/c1-5-9-24-31-25-19(2)30-29(33(3)4)32-26(25)34(24)18-20-12-14-21(15-13-20)23-16-17-39-28(23)35(40(37)38)27(36)22-10-7-6-8-11-22/h6-8,10-17H,5,9,18H2,1-4H3,(H,37,38)/p-1. The Hall–Kier alpha value is -3.93. The van der Waals surface area contributed by atoms with Crippen LogP contribution in [0.15, 0.2) is 66.0 Å². The number of anilines is 2. The van der Waals surface area contributed by atoms with Crippen molar-refractivity contribution in [1.82, 2.24) is 19.5 Å². The van der Waals surface area contributed by atoms with Crippen LogP contribution in [-0.4, -0.2) is 48.3 Å². The van der Waals surface area contributed by atoms with E-state index in [2.05, 4.69) is 16.5 Å². The quantitative estimate of drug-likeness (QED) is 0.218. The topological polar surface area (TPSA) is 107 Å². The Bertz CT molecular complexity index is 1680. The third-order valence-corrected chi connectivity index (χ3v) is 8.16. The summed E-state index contributed by atoms with van der Waals surface area (Å²) in [5.74, 6) is 1.00. The molecule has 0 saturated heterocycles. The molecule has 5 rings (SSSR count). The molecular weight excluding hydrogens is 544 g/mol. The molecule has 3 aromatic heterocycles. The molecule has 0 aliphatic heterocycles. The fourth-order valence-electron chi connectivity index (χ4n) is 4.52.